The Bertz CT molecular complexity index is 573. The van der Waals surface area contributed by atoms with Gasteiger partial charge in [0.05, 0.1) is 12.8 Å². The molecule has 0 aliphatic carbocycles. The van der Waals surface area contributed by atoms with Crippen LogP contribution in [0, 0.1) is 0 Å². The molecule has 0 aliphatic heterocycles. The smallest absolute Gasteiger partial charge is 0.121 e. The monoisotopic (exact) mass is 237 g/mol. The number of rotatable bonds is 4. The van der Waals surface area contributed by atoms with E-state index in [1.165, 1.54) is 0 Å². The van der Waals surface area contributed by atoms with Gasteiger partial charge >= 0.3 is 0 Å². The molecule has 90 valence electrons. The fraction of sp³-hybridized carbons (Fsp3) is 0.0625. The molecule has 0 atom stereocenters. The van der Waals surface area contributed by atoms with E-state index in [9.17, 15) is 0 Å². The average Bonchev–Trinajstić information content (AvgIpc) is 2.46. The molecule has 18 heavy (non-hydrogen) atoms. The molecule has 2 rings (SSSR count). The van der Waals surface area contributed by atoms with Crippen LogP contribution in [-0.2, 0) is 4.74 Å². The molecule has 0 unspecified atom stereocenters. The van der Waals surface area contributed by atoms with Crippen molar-refractivity contribution < 1.29 is 4.74 Å². The maximum Gasteiger partial charge on any atom is 0.121 e. The predicted molar refractivity (Wildman–Crippen MR) is 77.1 cm³/mol. The highest BCUT2D eigenvalue weighted by Gasteiger charge is 2.07. The molecule has 0 amide bonds. The van der Waals surface area contributed by atoms with Crippen molar-refractivity contribution in [3.05, 3.63) is 60.7 Å². The largest absolute Gasteiger partial charge is 0.497 e. The maximum absolute atomic E-state index is 5.19. The molecule has 0 heterocycles. The van der Waals surface area contributed by atoms with Gasteiger partial charge in [-0.2, -0.15) is 0 Å². The first kappa shape index (κ1) is 12.1. The number of methoxy groups -OCH3 is 1. The van der Waals surface area contributed by atoms with Gasteiger partial charge in [0.15, 0.2) is 0 Å². The van der Waals surface area contributed by atoms with Gasteiger partial charge in [0.2, 0.25) is 0 Å². The number of hydrogen-bond donors (Lipinski definition) is 0. The van der Waals surface area contributed by atoms with Crippen molar-refractivity contribution in [1.29, 1.82) is 0 Å². The fourth-order valence-corrected chi connectivity index (χ4v) is 1.82. The van der Waals surface area contributed by atoms with Crippen LogP contribution in [0.1, 0.15) is 5.56 Å². The molecule has 0 aromatic heterocycles. The number of benzene rings is 2. The molecule has 0 spiro atoms. The lowest BCUT2D eigenvalue weighted by molar-refractivity contribution is 0.371. The molecule has 0 aliphatic rings. The van der Waals surface area contributed by atoms with Gasteiger partial charge in [0.25, 0.3) is 0 Å². The Morgan fingerprint density at radius 2 is 1.78 bits per heavy atom. The van der Waals surface area contributed by atoms with Crippen molar-refractivity contribution in [3.8, 4) is 11.1 Å². The second kappa shape index (κ2) is 5.32. The number of hydrogen-bond acceptors (Lipinski definition) is 2. The van der Waals surface area contributed by atoms with E-state index >= 15 is 0 Å². The highest BCUT2D eigenvalue weighted by Crippen LogP contribution is 2.30. The summed E-state index contributed by atoms with van der Waals surface area (Å²) in [6.45, 7) is 7.44. The quantitative estimate of drug-likeness (QED) is 0.573. The fourth-order valence-electron chi connectivity index (χ4n) is 1.82. The first-order valence-electron chi connectivity index (χ1n) is 5.65. The van der Waals surface area contributed by atoms with Crippen LogP contribution in [0.3, 0.4) is 0 Å². The minimum absolute atomic E-state index is 0.593. The van der Waals surface area contributed by atoms with Gasteiger partial charge < -0.3 is 4.74 Å². The molecule has 0 radical (unpaired) electrons. The summed E-state index contributed by atoms with van der Waals surface area (Å²) in [5.41, 5.74) is 3.91. The summed E-state index contributed by atoms with van der Waals surface area (Å²) in [4.78, 5) is 3.98. The number of ether oxygens (including phenoxy) is 1. The van der Waals surface area contributed by atoms with Crippen molar-refractivity contribution in [2.24, 2.45) is 4.99 Å². The van der Waals surface area contributed by atoms with Crippen LogP contribution in [0.25, 0.3) is 16.9 Å². The first-order valence-corrected chi connectivity index (χ1v) is 5.65. The standard InChI is InChI=1S/C16H15NO/c1-12(18-3)15-11-14(9-10-16(15)17-2)13-7-5-4-6-8-13/h4-11H,1-2H2,3H3. The van der Waals surface area contributed by atoms with Crippen LogP contribution >= 0.6 is 0 Å². The molecule has 2 heteroatoms. The van der Waals surface area contributed by atoms with Crippen LogP contribution < -0.4 is 0 Å². The molecule has 0 bridgehead atoms. The third-order valence-electron chi connectivity index (χ3n) is 2.82. The lowest BCUT2D eigenvalue weighted by Gasteiger charge is -2.10. The third kappa shape index (κ3) is 2.33. The normalized spacial score (nSPS) is 9.83. The summed E-state index contributed by atoms with van der Waals surface area (Å²) in [6, 6.07) is 16.1. The Morgan fingerprint density at radius 1 is 1.06 bits per heavy atom. The third-order valence-corrected chi connectivity index (χ3v) is 2.82. The summed E-state index contributed by atoms with van der Waals surface area (Å²) < 4.78 is 5.19. The van der Waals surface area contributed by atoms with E-state index < -0.39 is 0 Å². The second-order valence-electron chi connectivity index (χ2n) is 3.88. The molecule has 0 saturated heterocycles. The Hall–Kier alpha value is -2.35. The van der Waals surface area contributed by atoms with Crippen LogP contribution in [-0.4, -0.2) is 13.8 Å². The van der Waals surface area contributed by atoms with Gasteiger partial charge in [-0.1, -0.05) is 43.0 Å². The Labute approximate surface area is 107 Å². The van der Waals surface area contributed by atoms with Crippen LogP contribution in [0.15, 0.2) is 60.1 Å². The molecule has 0 N–H and O–H groups in total. The molecular formula is C16H15NO. The molecule has 2 nitrogen and oxygen atoms in total. The second-order valence-corrected chi connectivity index (χ2v) is 3.88. The molecule has 0 fully saturated rings. The van der Waals surface area contributed by atoms with Gasteiger partial charge in [-0.25, -0.2) is 0 Å². The Kier molecular flexibility index (Phi) is 3.58. The van der Waals surface area contributed by atoms with Gasteiger partial charge in [-0.05, 0) is 30.0 Å². The SMILES string of the molecule is C=Nc1ccc(-c2ccccc2)cc1C(=C)OC. The summed E-state index contributed by atoms with van der Waals surface area (Å²) in [6.07, 6.45) is 0. The average molecular weight is 237 g/mol. The van der Waals surface area contributed by atoms with E-state index in [-0.39, 0.29) is 0 Å². The van der Waals surface area contributed by atoms with E-state index in [1.54, 1.807) is 7.11 Å². The molecular weight excluding hydrogens is 222 g/mol. The number of aliphatic imine (C=N–C) groups is 1. The predicted octanol–water partition coefficient (Wildman–Crippen LogP) is 4.30. The molecule has 0 saturated carbocycles. The van der Waals surface area contributed by atoms with Crippen LogP contribution in [0.5, 0.6) is 0 Å². The van der Waals surface area contributed by atoms with E-state index in [4.69, 9.17) is 4.74 Å². The van der Waals surface area contributed by atoms with Crippen LogP contribution in [0.2, 0.25) is 0 Å². The summed E-state index contributed by atoms with van der Waals surface area (Å²) in [5.74, 6) is 0.593. The topological polar surface area (TPSA) is 21.6 Å². The zero-order valence-electron chi connectivity index (χ0n) is 10.4. The minimum atomic E-state index is 0.593. The van der Waals surface area contributed by atoms with Crippen molar-refractivity contribution >= 4 is 18.2 Å². The van der Waals surface area contributed by atoms with E-state index in [1.807, 2.05) is 36.4 Å². The van der Waals surface area contributed by atoms with Gasteiger partial charge in [-0.15, -0.1) is 0 Å². The Balaban J connectivity index is 2.53. The van der Waals surface area contributed by atoms with Crippen LogP contribution in [0.4, 0.5) is 5.69 Å². The maximum atomic E-state index is 5.19. The highest BCUT2D eigenvalue weighted by molar-refractivity contribution is 5.77. The minimum Gasteiger partial charge on any atom is -0.497 e. The zero-order chi connectivity index (χ0) is 13.0. The van der Waals surface area contributed by atoms with Gasteiger partial charge in [-0.3, -0.25) is 4.99 Å². The molecule has 2 aromatic rings. The van der Waals surface area contributed by atoms with Crippen molar-refractivity contribution in [3.63, 3.8) is 0 Å². The van der Waals surface area contributed by atoms with Crippen molar-refractivity contribution in [2.75, 3.05) is 7.11 Å². The first-order chi connectivity index (χ1) is 8.76. The lowest BCUT2D eigenvalue weighted by Crippen LogP contribution is -1.88. The van der Waals surface area contributed by atoms with E-state index in [0.717, 1.165) is 22.4 Å². The van der Waals surface area contributed by atoms with Crippen molar-refractivity contribution in [1.82, 2.24) is 0 Å². The summed E-state index contributed by atoms with van der Waals surface area (Å²) in [5, 5.41) is 0. The van der Waals surface area contributed by atoms with Crippen molar-refractivity contribution in [2.45, 2.75) is 0 Å². The zero-order valence-corrected chi connectivity index (χ0v) is 10.4. The molecule has 2 aromatic carbocycles. The summed E-state index contributed by atoms with van der Waals surface area (Å²) >= 11 is 0. The highest BCUT2D eigenvalue weighted by atomic mass is 16.5. The summed E-state index contributed by atoms with van der Waals surface area (Å²) in [7, 11) is 1.60. The van der Waals surface area contributed by atoms with E-state index in [0.29, 0.717) is 5.76 Å². The van der Waals surface area contributed by atoms with Gasteiger partial charge in [0, 0.05) is 5.56 Å². The Morgan fingerprint density at radius 3 is 2.39 bits per heavy atom. The van der Waals surface area contributed by atoms with Gasteiger partial charge in [0.1, 0.15) is 5.76 Å². The lowest BCUT2D eigenvalue weighted by atomic mass is 10.0. The van der Waals surface area contributed by atoms with E-state index in [2.05, 4.69) is 30.4 Å². The number of nitrogens with zero attached hydrogens (tertiary/aromatic N) is 1.